The average Bonchev–Trinajstić information content (AvgIpc) is 3.80. The van der Waals surface area contributed by atoms with Gasteiger partial charge in [0.15, 0.2) is 0 Å². The number of fused-ring (bicyclic) bond motifs is 6. The van der Waals surface area contributed by atoms with E-state index in [-0.39, 0.29) is 46.5 Å². The number of benzene rings is 3. The molecule has 4 heteroatoms. The third kappa shape index (κ3) is 6.96. The van der Waals surface area contributed by atoms with Crippen molar-refractivity contribution < 1.29 is 49.0 Å². The van der Waals surface area contributed by atoms with Gasteiger partial charge in [0.2, 0.25) is 0 Å². The largest absolute Gasteiger partial charge is 1.00 e. The summed E-state index contributed by atoms with van der Waals surface area (Å²) in [6, 6.07) is 37.6. The van der Waals surface area contributed by atoms with Gasteiger partial charge in [-0.25, -0.2) is 18.1 Å². The molecule has 4 aromatic carbocycles. The van der Waals surface area contributed by atoms with Crippen LogP contribution >= 0.6 is 11.6 Å². The average molecular weight is 814 g/mol. The SMILES string of the molecule is C[C-]1C2=C3Cc4ccccc4C3=C3C=CCCC3C2(C)C(C)(C)C(C)(C)C1(C)C.Clc1cccc([C](=[Zr+2])c2ccccc2)c1.[Cl-].[Cl-].c1cc[cH-]c1. The molecule has 0 saturated heterocycles. The molecule has 0 spiro atoms. The Bertz CT molecular complexity index is 1910. The van der Waals surface area contributed by atoms with Gasteiger partial charge in [0, 0.05) is 0 Å². The van der Waals surface area contributed by atoms with Crippen molar-refractivity contribution in [1.29, 1.82) is 0 Å². The molecule has 0 aliphatic heterocycles. The van der Waals surface area contributed by atoms with Crippen molar-refractivity contribution in [2.24, 2.45) is 27.6 Å². The minimum Gasteiger partial charge on any atom is -1.00 e. The molecule has 0 heterocycles. The third-order valence-corrected chi connectivity index (χ3v) is 15.2. The van der Waals surface area contributed by atoms with Crippen molar-refractivity contribution in [3.63, 3.8) is 0 Å². The van der Waals surface area contributed by atoms with Gasteiger partial charge in [0.25, 0.3) is 0 Å². The molecule has 4 aromatic rings. The molecule has 1 saturated carbocycles. The Balaban J connectivity index is 0.000000222. The number of hydrogen-bond donors (Lipinski definition) is 0. The second-order valence-electron chi connectivity index (χ2n) is 16.0. The second kappa shape index (κ2) is 16.0. The van der Waals surface area contributed by atoms with Crippen LogP contribution in [0, 0.1) is 33.5 Å². The van der Waals surface area contributed by atoms with Crippen LogP contribution in [0.4, 0.5) is 0 Å². The predicted octanol–water partition coefficient (Wildman–Crippen LogP) is 6.83. The molecule has 0 N–H and O–H groups in total. The van der Waals surface area contributed by atoms with Crippen molar-refractivity contribution in [3.8, 4) is 0 Å². The van der Waals surface area contributed by atoms with Crippen LogP contribution in [-0.2, 0) is 30.7 Å². The number of hydrogen-bond acceptors (Lipinski definition) is 0. The Morgan fingerprint density at radius 2 is 1.41 bits per heavy atom. The molecule has 0 nitrogen and oxygen atoms in total. The van der Waals surface area contributed by atoms with Crippen molar-refractivity contribution >= 4 is 20.4 Å². The summed E-state index contributed by atoms with van der Waals surface area (Å²) in [4.78, 5) is 0. The quantitative estimate of drug-likeness (QED) is 0.195. The summed E-state index contributed by atoms with van der Waals surface area (Å²) >= 11 is 7.38. The molecule has 2 unspecified atom stereocenters. The fourth-order valence-electron chi connectivity index (χ4n) is 9.30. The van der Waals surface area contributed by atoms with Gasteiger partial charge in [0.1, 0.15) is 0 Å². The van der Waals surface area contributed by atoms with E-state index in [1.807, 2.05) is 54.6 Å². The van der Waals surface area contributed by atoms with Gasteiger partial charge < -0.3 is 24.8 Å². The van der Waals surface area contributed by atoms with Gasteiger partial charge in [0.05, 0.1) is 0 Å². The summed E-state index contributed by atoms with van der Waals surface area (Å²) in [5, 5.41) is 0.795. The first-order valence-electron chi connectivity index (χ1n) is 17.9. The van der Waals surface area contributed by atoms with E-state index in [9.17, 15) is 0 Å². The maximum Gasteiger partial charge on any atom is -0.172 e. The molecule has 4 aliphatic rings. The van der Waals surface area contributed by atoms with E-state index in [0.29, 0.717) is 5.92 Å². The van der Waals surface area contributed by atoms with Gasteiger partial charge >= 0.3 is 110 Å². The fraction of sp³-hybridized carbons (Fsp3) is 0.340. The summed E-state index contributed by atoms with van der Waals surface area (Å²) in [6.07, 6.45) is 8.50. The minimum absolute atomic E-state index is 0. The first-order valence-corrected chi connectivity index (χ1v) is 19.5. The molecule has 8 rings (SSSR count). The summed E-state index contributed by atoms with van der Waals surface area (Å²) in [5.74, 6) is 2.24. The van der Waals surface area contributed by atoms with Crippen LogP contribution in [0.2, 0.25) is 5.02 Å². The number of allylic oxidation sites excluding steroid dienone is 6. The topological polar surface area (TPSA) is 0 Å². The molecular weight excluding hydrogens is 762 g/mol. The molecule has 0 aromatic heterocycles. The van der Waals surface area contributed by atoms with E-state index in [2.05, 4.69) is 122 Å². The summed E-state index contributed by atoms with van der Waals surface area (Å²) in [7, 11) is 0. The molecule has 0 bridgehead atoms. The molecule has 1 fully saturated rings. The maximum atomic E-state index is 5.97. The van der Waals surface area contributed by atoms with Crippen LogP contribution in [0.1, 0.15) is 90.5 Å². The number of halogens is 3. The van der Waals surface area contributed by atoms with Crippen LogP contribution in [0.15, 0.2) is 138 Å². The maximum absolute atomic E-state index is 5.97. The molecular formula is C47H51Cl3Zr-2. The number of rotatable bonds is 2. The van der Waals surface area contributed by atoms with Crippen molar-refractivity contribution in [2.75, 3.05) is 0 Å². The summed E-state index contributed by atoms with van der Waals surface area (Å²) in [6.45, 7) is 20.3. The Morgan fingerprint density at radius 1 is 0.784 bits per heavy atom. The van der Waals surface area contributed by atoms with E-state index in [1.54, 1.807) is 28.2 Å². The fourth-order valence-corrected chi connectivity index (χ4v) is 10.3. The first kappa shape index (κ1) is 41.5. The normalized spacial score (nSPS) is 22.6. The molecule has 0 amide bonds. The Labute approximate surface area is 340 Å². The van der Waals surface area contributed by atoms with Crippen LogP contribution in [0.25, 0.3) is 5.57 Å². The second-order valence-corrected chi connectivity index (χ2v) is 17.6. The van der Waals surface area contributed by atoms with Gasteiger partial charge in [-0.2, -0.15) is 29.3 Å². The molecule has 0 radical (unpaired) electrons. The van der Waals surface area contributed by atoms with Gasteiger partial charge in [-0.15, -0.1) is 6.92 Å². The van der Waals surface area contributed by atoms with Crippen molar-refractivity contribution in [2.45, 2.75) is 74.7 Å². The zero-order chi connectivity index (χ0) is 35.2. The van der Waals surface area contributed by atoms with Crippen molar-refractivity contribution in [3.05, 3.63) is 171 Å². The third-order valence-electron chi connectivity index (χ3n) is 13.5. The summed E-state index contributed by atoms with van der Waals surface area (Å²) < 4.78 is 1.34. The Morgan fingerprint density at radius 3 is 2.04 bits per heavy atom. The van der Waals surface area contributed by atoms with Gasteiger partial charge in [-0.3, -0.25) is 0 Å². The molecule has 266 valence electrons. The van der Waals surface area contributed by atoms with E-state index in [1.165, 1.54) is 62.5 Å². The Hall–Kier alpha value is -2.28. The molecule has 2 atom stereocenters. The first-order chi connectivity index (χ1) is 23.2. The summed E-state index contributed by atoms with van der Waals surface area (Å²) in [5.41, 5.74) is 12.8. The van der Waals surface area contributed by atoms with E-state index >= 15 is 0 Å². The van der Waals surface area contributed by atoms with Gasteiger partial charge in [-0.1, -0.05) is 113 Å². The monoisotopic (exact) mass is 810 g/mol. The van der Waals surface area contributed by atoms with Crippen LogP contribution < -0.4 is 24.8 Å². The van der Waals surface area contributed by atoms with Crippen LogP contribution in [0.5, 0.6) is 0 Å². The molecule has 4 aliphatic carbocycles. The van der Waals surface area contributed by atoms with E-state index in [0.717, 1.165) is 11.4 Å². The van der Waals surface area contributed by atoms with Crippen LogP contribution in [-0.4, -0.2) is 3.21 Å². The molecule has 51 heavy (non-hydrogen) atoms. The van der Waals surface area contributed by atoms with Gasteiger partial charge in [-0.05, 0) is 40.6 Å². The predicted molar refractivity (Wildman–Crippen MR) is 207 cm³/mol. The Kier molecular flexibility index (Phi) is 13.0. The van der Waals surface area contributed by atoms with E-state index in [4.69, 9.17) is 11.6 Å². The standard InChI is InChI=1S/C29H37.C13H9Cl.C5H5.2ClH.Zr/c1-18-25-22-17-19-13-9-10-14-20(19)24(22)21-15-11-12-16-23(21)29(25,8)28(6,7)27(4,5)26(18,2)3;14-13-8-4-7-12(10-13)9-11-5-2-1-3-6-11;1-2-4-5-3-1;;;/h9-11,13-15,23H,12,16-17H2,1-8H3;1-8,10H;1-5H;2*1H;/q-1;;-1;;;+2/p-2. The van der Waals surface area contributed by atoms with E-state index < -0.39 is 0 Å². The minimum atomic E-state index is 0. The zero-order valence-corrected chi connectivity index (χ0v) is 36.1. The zero-order valence-electron chi connectivity index (χ0n) is 31.4. The van der Waals surface area contributed by atoms with Crippen molar-refractivity contribution in [1.82, 2.24) is 0 Å². The van der Waals surface area contributed by atoms with Crippen LogP contribution in [0.3, 0.4) is 0 Å². The smallest absolute Gasteiger partial charge is 0.172 e.